The van der Waals surface area contributed by atoms with Crippen molar-refractivity contribution in [3.05, 3.63) is 71.3 Å². The van der Waals surface area contributed by atoms with Gasteiger partial charge < -0.3 is 10.8 Å². The normalized spacial score (nSPS) is 9.76. The average molecular weight is 307 g/mol. The topological polar surface area (TPSA) is 66.6 Å². The van der Waals surface area contributed by atoms with Gasteiger partial charge in [-0.3, -0.25) is 4.90 Å². The molecule has 2 aromatic rings. The number of nitrogens with two attached hydrogens (primary N) is 1. The van der Waals surface area contributed by atoms with E-state index in [4.69, 9.17) is 5.73 Å². The minimum absolute atomic E-state index is 0. The maximum atomic E-state index is 11.4. The molecule has 0 heterocycles. The number of hydrogen-bond acceptors (Lipinski definition) is 2. The number of amides is 1. The van der Waals surface area contributed by atoms with Gasteiger partial charge in [0, 0.05) is 19.6 Å². The van der Waals surface area contributed by atoms with Crippen LogP contribution in [0.25, 0.3) is 0 Å². The molecule has 0 aliphatic rings. The molecule has 2 aromatic carbocycles. The molecule has 0 atom stereocenters. The summed E-state index contributed by atoms with van der Waals surface area (Å²) in [6, 6.07) is 17.2. The molecule has 0 aliphatic carbocycles. The van der Waals surface area contributed by atoms with Crippen LogP contribution in [0.15, 0.2) is 54.6 Å². The lowest BCUT2D eigenvalue weighted by Crippen LogP contribution is -2.29. The molecule has 0 aliphatic heterocycles. The number of carboxylic acid groups (broad SMARTS) is 1. The number of halogens is 1. The van der Waals surface area contributed by atoms with Gasteiger partial charge in [-0.1, -0.05) is 54.6 Å². The smallest absolute Gasteiger partial charge is 0.407 e. The molecule has 1 amide bonds. The largest absolute Gasteiger partial charge is 0.465 e. The summed E-state index contributed by atoms with van der Waals surface area (Å²) in [7, 11) is 0. The van der Waals surface area contributed by atoms with Gasteiger partial charge in [-0.05, 0) is 16.7 Å². The maximum absolute atomic E-state index is 11.4. The van der Waals surface area contributed by atoms with Gasteiger partial charge in [-0.25, -0.2) is 4.79 Å². The number of benzene rings is 2. The van der Waals surface area contributed by atoms with E-state index in [1.807, 2.05) is 54.6 Å². The summed E-state index contributed by atoms with van der Waals surface area (Å²) in [5.41, 5.74) is 8.59. The first-order valence-electron chi connectivity index (χ1n) is 6.49. The minimum Gasteiger partial charge on any atom is -0.465 e. The number of hydrogen-bond donors (Lipinski definition) is 2. The lowest BCUT2D eigenvalue weighted by molar-refractivity contribution is 0.139. The van der Waals surface area contributed by atoms with Crippen molar-refractivity contribution in [2.75, 3.05) is 0 Å². The fourth-order valence-electron chi connectivity index (χ4n) is 2.11. The predicted molar refractivity (Wildman–Crippen MR) is 85.3 cm³/mol. The zero-order chi connectivity index (χ0) is 14.4. The fourth-order valence-corrected chi connectivity index (χ4v) is 2.11. The zero-order valence-electron chi connectivity index (χ0n) is 11.6. The molecule has 3 N–H and O–H groups in total. The van der Waals surface area contributed by atoms with Gasteiger partial charge in [-0.2, -0.15) is 0 Å². The van der Waals surface area contributed by atoms with E-state index in [1.165, 1.54) is 4.90 Å². The molecular weight excluding hydrogens is 288 g/mol. The van der Waals surface area contributed by atoms with Crippen LogP contribution in [0.5, 0.6) is 0 Å². The fraction of sp³-hybridized carbons (Fsp3) is 0.188. The van der Waals surface area contributed by atoms with Crippen molar-refractivity contribution >= 4 is 18.5 Å². The average Bonchev–Trinajstić information content (AvgIpc) is 2.48. The molecule has 0 unspecified atom stereocenters. The summed E-state index contributed by atoms with van der Waals surface area (Å²) < 4.78 is 0. The Labute approximate surface area is 130 Å². The molecule has 0 bridgehead atoms. The van der Waals surface area contributed by atoms with Gasteiger partial charge in [0.1, 0.15) is 0 Å². The Hall–Kier alpha value is -2.04. The quantitative estimate of drug-likeness (QED) is 0.891. The highest BCUT2D eigenvalue weighted by Crippen LogP contribution is 2.14. The molecule has 0 radical (unpaired) electrons. The second kappa shape index (κ2) is 8.29. The van der Waals surface area contributed by atoms with E-state index in [0.717, 1.165) is 16.7 Å². The van der Waals surface area contributed by atoms with E-state index >= 15 is 0 Å². The predicted octanol–water partition coefficient (Wildman–Crippen LogP) is 3.25. The van der Waals surface area contributed by atoms with E-state index in [9.17, 15) is 9.90 Å². The summed E-state index contributed by atoms with van der Waals surface area (Å²) in [5.74, 6) is 0. The Morgan fingerprint density at radius 2 is 1.52 bits per heavy atom. The highest BCUT2D eigenvalue weighted by Gasteiger charge is 2.14. The van der Waals surface area contributed by atoms with Gasteiger partial charge in [0.05, 0.1) is 0 Å². The molecule has 0 spiro atoms. The van der Waals surface area contributed by atoms with E-state index in [0.29, 0.717) is 19.6 Å². The minimum atomic E-state index is -0.930. The van der Waals surface area contributed by atoms with Crippen LogP contribution >= 0.6 is 12.4 Å². The highest BCUT2D eigenvalue weighted by atomic mass is 35.5. The third-order valence-corrected chi connectivity index (χ3v) is 3.19. The first-order valence-corrected chi connectivity index (χ1v) is 6.49. The van der Waals surface area contributed by atoms with Gasteiger partial charge in [0.2, 0.25) is 0 Å². The highest BCUT2D eigenvalue weighted by molar-refractivity contribution is 5.85. The number of rotatable bonds is 5. The van der Waals surface area contributed by atoms with Gasteiger partial charge in [0.15, 0.2) is 0 Å². The first-order chi connectivity index (χ1) is 9.70. The van der Waals surface area contributed by atoms with Crippen LogP contribution < -0.4 is 5.73 Å². The second-order valence-corrected chi connectivity index (χ2v) is 4.60. The number of nitrogens with zero attached hydrogens (tertiary/aromatic N) is 1. The molecule has 5 heteroatoms. The van der Waals surface area contributed by atoms with E-state index in [1.54, 1.807) is 0 Å². The third-order valence-electron chi connectivity index (χ3n) is 3.19. The molecule has 0 saturated carbocycles. The van der Waals surface area contributed by atoms with Crippen LogP contribution in [0.3, 0.4) is 0 Å². The maximum Gasteiger partial charge on any atom is 0.407 e. The van der Waals surface area contributed by atoms with Crippen LogP contribution in [-0.2, 0) is 19.6 Å². The zero-order valence-corrected chi connectivity index (χ0v) is 12.4. The Morgan fingerprint density at radius 3 is 2.10 bits per heavy atom. The van der Waals surface area contributed by atoms with Gasteiger partial charge in [0.25, 0.3) is 0 Å². The molecule has 0 aromatic heterocycles. The molecule has 0 saturated heterocycles. The molecular formula is C16H19ClN2O2. The van der Waals surface area contributed by atoms with Crippen molar-refractivity contribution < 1.29 is 9.90 Å². The van der Waals surface area contributed by atoms with Crippen molar-refractivity contribution in [3.63, 3.8) is 0 Å². The van der Waals surface area contributed by atoms with Crippen LogP contribution in [0.4, 0.5) is 4.79 Å². The summed E-state index contributed by atoms with van der Waals surface area (Å²) >= 11 is 0. The van der Waals surface area contributed by atoms with Crippen LogP contribution in [0.2, 0.25) is 0 Å². The summed E-state index contributed by atoms with van der Waals surface area (Å²) in [6.07, 6.45) is -0.930. The van der Waals surface area contributed by atoms with Crippen LogP contribution in [0.1, 0.15) is 16.7 Å². The first kappa shape index (κ1) is 17.0. The lowest BCUT2D eigenvalue weighted by Gasteiger charge is -2.20. The molecule has 2 rings (SSSR count). The monoisotopic (exact) mass is 306 g/mol. The molecule has 112 valence electrons. The summed E-state index contributed by atoms with van der Waals surface area (Å²) in [4.78, 5) is 12.8. The molecule has 21 heavy (non-hydrogen) atoms. The van der Waals surface area contributed by atoms with E-state index in [2.05, 4.69) is 0 Å². The van der Waals surface area contributed by atoms with Crippen molar-refractivity contribution in [2.24, 2.45) is 5.73 Å². The lowest BCUT2D eigenvalue weighted by atomic mass is 10.1. The summed E-state index contributed by atoms with van der Waals surface area (Å²) in [6.45, 7) is 1.13. The van der Waals surface area contributed by atoms with Crippen LogP contribution in [0, 0.1) is 0 Å². The van der Waals surface area contributed by atoms with Gasteiger partial charge >= 0.3 is 6.09 Å². The Morgan fingerprint density at radius 1 is 0.952 bits per heavy atom. The second-order valence-electron chi connectivity index (χ2n) is 4.60. The van der Waals surface area contributed by atoms with Crippen molar-refractivity contribution in [3.8, 4) is 0 Å². The third kappa shape index (κ3) is 4.77. The van der Waals surface area contributed by atoms with Crippen molar-refractivity contribution in [1.29, 1.82) is 0 Å². The van der Waals surface area contributed by atoms with E-state index in [-0.39, 0.29) is 12.4 Å². The van der Waals surface area contributed by atoms with Gasteiger partial charge in [-0.15, -0.1) is 12.4 Å². The Balaban J connectivity index is 0.00000220. The molecule has 4 nitrogen and oxygen atoms in total. The standard InChI is InChI=1S/C16H18N2O2.ClH/c17-10-14-8-4-5-9-15(14)12-18(16(19)20)11-13-6-2-1-3-7-13;/h1-9H,10-12,17H2,(H,19,20);1H. The Kier molecular flexibility index (Phi) is 6.72. The van der Waals surface area contributed by atoms with E-state index < -0.39 is 6.09 Å². The molecule has 0 fully saturated rings. The number of carbonyl (C=O) groups is 1. The SMILES string of the molecule is Cl.NCc1ccccc1CN(Cc1ccccc1)C(=O)O. The van der Waals surface area contributed by atoms with Crippen LogP contribution in [-0.4, -0.2) is 16.1 Å². The summed E-state index contributed by atoms with van der Waals surface area (Å²) in [5, 5.41) is 9.35. The van der Waals surface area contributed by atoms with Crippen molar-refractivity contribution in [1.82, 2.24) is 4.90 Å². The Bertz CT molecular complexity index is 575. The van der Waals surface area contributed by atoms with Crippen molar-refractivity contribution in [2.45, 2.75) is 19.6 Å².